The van der Waals surface area contributed by atoms with E-state index in [0.29, 0.717) is 13.0 Å². The molecule has 3 unspecified atom stereocenters. The molecule has 20 heavy (non-hydrogen) atoms. The number of nitrogens with zero attached hydrogens (tertiary/aromatic N) is 1. The molecular weight excluding hydrogens is 256 g/mol. The number of fused-ring (bicyclic) bond motifs is 2. The second-order valence-electron chi connectivity index (χ2n) is 7.34. The van der Waals surface area contributed by atoms with Crippen molar-refractivity contribution in [3.8, 4) is 0 Å². The molecule has 1 fully saturated rings. The van der Waals surface area contributed by atoms with Crippen molar-refractivity contribution in [3.63, 3.8) is 0 Å². The Morgan fingerprint density at radius 1 is 1.40 bits per heavy atom. The van der Waals surface area contributed by atoms with E-state index in [1.165, 1.54) is 5.57 Å². The normalized spacial score (nSPS) is 40.1. The van der Waals surface area contributed by atoms with E-state index in [0.717, 1.165) is 32.1 Å². The van der Waals surface area contributed by atoms with Crippen molar-refractivity contribution < 1.29 is 9.92 Å². The Hall–Kier alpha value is -1.10. The molecule has 1 saturated carbocycles. The van der Waals surface area contributed by atoms with E-state index >= 15 is 0 Å². The van der Waals surface area contributed by atoms with Gasteiger partial charge in [0.1, 0.15) is 5.60 Å². The van der Waals surface area contributed by atoms with Crippen LogP contribution in [0.3, 0.4) is 0 Å². The fraction of sp³-hybridized carbons (Fsp3) is 0.867. The van der Waals surface area contributed by atoms with E-state index in [-0.39, 0.29) is 10.8 Å². The van der Waals surface area contributed by atoms with Gasteiger partial charge in [0, 0.05) is 0 Å². The molecule has 0 aromatic heterocycles. The number of hydrogen-bond donors (Lipinski definition) is 1. The lowest BCUT2D eigenvalue weighted by Gasteiger charge is -2.53. The van der Waals surface area contributed by atoms with Crippen molar-refractivity contribution in [1.29, 1.82) is 0 Å². The van der Waals surface area contributed by atoms with Crippen LogP contribution < -0.4 is 5.73 Å². The van der Waals surface area contributed by atoms with E-state index in [1.54, 1.807) is 0 Å². The molecule has 0 amide bonds. The molecule has 5 nitrogen and oxygen atoms in total. The van der Waals surface area contributed by atoms with Gasteiger partial charge in [0.2, 0.25) is 0 Å². The van der Waals surface area contributed by atoms with E-state index in [4.69, 9.17) is 10.6 Å². The Kier molecular flexibility index (Phi) is 3.84. The molecule has 0 aliphatic heterocycles. The van der Waals surface area contributed by atoms with Crippen LogP contribution in [0, 0.1) is 20.9 Å². The average Bonchev–Trinajstić information content (AvgIpc) is 2.24. The maximum absolute atomic E-state index is 10.8. The first-order valence-electron chi connectivity index (χ1n) is 7.48. The first-order valence-corrected chi connectivity index (χ1v) is 7.48. The van der Waals surface area contributed by atoms with Crippen LogP contribution in [0.15, 0.2) is 11.6 Å². The van der Waals surface area contributed by atoms with Crippen LogP contribution in [-0.2, 0) is 4.84 Å². The Labute approximate surface area is 120 Å². The highest BCUT2D eigenvalue weighted by molar-refractivity contribution is 5.24. The minimum atomic E-state index is -0.790. The van der Waals surface area contributed by atoms with Crippen LogP contribution in [-0.4, -0.2) is 17.2 Å². The van der Waals surface area contributed by atoms with Gasteiger partial charge in [-0.15, -0.1) is 10.1 Å². The van der Waals surface area contributed by atoms with Crippen LogP contribution in [0.25, 0.3) is 0 Å². The molecule has 0 spiro atoms. The van der Waals surface area contributed by atoms with Crippen molar-refractivity contribution in [3.05, 3.63) is 21.8 Å². The van der Waals surface area contributed by atoms with Gasteiger partial charge in [-0.3, -0.25) is 0 Å². The summed E-state index contributed by atoms with van der Waals surface area (Å²) in [4.78, 5) is 15.8. The number of hydrogen-bond acceptors (Lipinski definition) is 4. The highest BCUT2D eigenvalue weighted by Crippen LogP contribution is 2.58. The van der Waals surface area contributed by atoms with Gasteiger partial charge in [0.05, 0.1) is 0 Å². The monoisotopic (exact) mass is 282 g/mol. The third-order valence-corrected chi connectivity index (χ3v) is 5.10. The SMILES string of the molecule is CCC1(C)CC2=CC(C)(O[N+](=O)[O-])CC(CCN)(C2)C1. The molecule has 2 rings (SSSR count). The summed E-state index contributed by atoms with van der Waals surface area (Å²) in [5.41, 5.74) is 6.68. The molecule has 2 aliphatic carbocycles. The van der Waals surface area contributed by atoms with Crippen LogP contribution >= 0.6 is 0 Å². The van der Waals surface area contributed by atoms with Gasteiger partial charge in [-0.25, -0.2) is 0 Å². The molecule has 114 valence electrons. The Balaban J connectivity index is 2.35. The quantitative estimate of drug-likeness (QED) is 0.477. The molecule has 3 atom stereocenters. The highest BCUT2D eigenvalue weighted by atomic mass is 17.0. The first-order chi connectivity index (χ1) is 9.24. The summed E-state index contributed by atoms with van der Waals surface area (Å²) in [6, 6.07) is 0. The summed E-state index contributed by atoms with van der Waals surface area (Å²) in [6.45, 7) is 7.00. The molecule has 0 aromatic rings. The third-order valence-electron chi connectivity index (χ3n) is 5.10. The van der Waals surface area contributed by atoms with Crippen molar-refractivity contribution >= 4 is 0 Å². The lowest BCUT2D eigenvalue weighted by molar-refractivity contribution is -0.777. The lowest BCUT2D eigenvalue weighted by Crippen LogP contribution is -2.47. The Morgan fingerprint density at radius 2 is 2.10 bits per heavy atom. The largest absolute Gasteiger partial charge is 0.330 e. The molecule has 5 heteroatoms. The smallest absolute Gasteiger partial charge is 0.295 e. The maximum atomic E-state index is 10.8. The molecule has 0 aromatic carbocycles. The van der Waals surface area contributed by atoms with Crippen molar-refractivity contribution in [2.45, 2.75) is 64.9 Å². The summed E-state index contributed by atoms with van der Waals surface area (Å²) in [7, 11) is 0. The highest BCUT2D eigenvalue weighted by Gasteiger charge is 2.50. The number of rotatable bonds is 5. The van der Waals surface area contributed by atoms with Crippen LogP contribution in [0.1, 0.15) is 59.3 Å². The van der Waals surface area contributed by atoms with Crippen LogP contribution in [0.5, 0.6) is 0 Å². The van der Waals surface area contributed by atoms with Crippen molar-refractivity contribution in [2.24, 2.45) is 16.6 Å². The minimum absolute atomic E-state index is 0.0621. The van der Waals surface area contributed by atoms with Gasteiger partial charge in [-0.05, 0) is 56.4 Å². The molecular formula is C15H26N2O3. The van der Waals surface area contributed by atoms with E-state index < -0.39 is 10.7 Å². The fourth-order valence-corrected chi connectivity index (χ4v) is 4.63. The zero-order valence-electron chi connectivity index (χ0n) is 12.8. The first kappa shape index (κ1) is 15.3. The van der Waals surface area contributed by atoms with Gasteiger partial charge in [-0.1, -0.05) is 31.9 Å². The van der Waals surface area contributed by atoms with Crippen molar-refractivity contribution in [2.75, 3.05) is 6.54 Å². The molecule has 0 saturated heterocycles. The average molecular weight is 282 g/mol. The second kappa shape index (κ2) is 5.02. The predicted molar refractivity (Wildman–Crippen MR) is 77.5 cm³/mol. The zero-order chi connectivity index (χ0) is 15.0. The maximum Gasteiger partial charge on any atom is 0.295 e. The summed E-state index contributed by atoms with van der Waals surface area (Å²) in [5, 5.41) is 10.1. The molecule has 0 radical (unpaired) electrons. The summed E-state index contributed by atoms with van der Waals surface area (Å²) >= 11 is 0. The summed E-state index contributed by atoms with van der Waals surface area (Å²) in [5.74, 6) is 0. The fourth-order valence-electron chi connectivity index (χ4n) is 4.63. The standard InChI is InChI=1S/C15H26N2O3/c1-4-13(2)7-12-8-14(3,20-17(18)19)11-15(9-12,10-13)5-6-16/h8H,4-7,9-11,16H2,1-3H3. The molecule has 2 aliphatic rings. The second-order valence-corrected chi connectivity index (χ2v) is 7.34. The number of allylic oxidation sites excluding steroid dienone is 1. The summed E-state index contributed by atoms with van der Waals surface area (Å²) in [6.07, 6.45) is 7.86. The van der Waals surface area contributed by atoms with Gasteiger partial charge in [0.25, 0.3) is 5.09 Å². The van der Waals surface area contributed by atoms with Crippen LogP contribution in [0.4, 0.5) is 0 Å². The summed E-state index contributed by atoms with van der Waals surface area (Å²) < 4.78 is 0. The zero-order valence-corrected chi connectivity index (χ0v) is 12.8. The molecule has 2 bridgehead atoms. The van der Waals surface area contributed by atoms with E-state index in [1.807, 2.05) is 13.0 Å². The van der Waals surface area contributed by atoms with Gasteiger partial charge in [0.15, 0.2) is 0 Å². The van der Waals surface area contributed by atoms with E-state index in [2.05, 4.69) is 13.8 Å². The predicted octanol–water partition coefficient (Wildman–Crippen LogP) is 3.22. The van der Waals surface area contributed by atoms with Gasteiger partial charge < -0.3 is 10.6 Å². The van der Waals surface area contributed by atoms with Crippen molar-refractivity contribution in [1.82, 2.24) is 0 Å². The number of nitrogens with two attached hydrogens (primary N) is 1. The third kappa shape index (κ3) is 2.97. The molecule has 0 heterocycles. The van der Waals surface area contributed by atoms with E-state index in [9.17, 15) is 10.1 Å². The van der Waals surface area contributed by atoms with Gasteiger partial charge >= 0.3 is 0 Å². The Morgan fingerprint density at radius 3 is 2.65 bits per heavy atom. The Bertz CT molecular complexity index is 437. The van der Waals surface area contributed by atoms with Gasteiger partial charge in [-0.2, -0.15) is 0 Å². The molecule has 2 N–H and O–H groups in total. The minimum Gasteiger partial charge on any atom is -0.330 e. The van der Waals surface area contributed by atoms with Crippen LogP contribution in [0.2, 0.25) is 0 Å². The lowest BCUT2D eigenvalue weighted by atomic mass is 9.53. The topological polar surface area (TPSA) is 78.4 Å².